The van der Waals surface area contributed by atoms with Crippen LogP contribution in [0.3, 0.4) is 0 Å². The molecule has 4 rings (SSSR count). The Labute approximate surface area is 195 Å². The molecule has 7 nitrogen and oxygen atoms in total. The quantitative estimate of drug-likeness (QED) is 0.541. The van der Waals surface area contributed by atoms with E-state index in [9.17, 15) is 18.8 Å². The van der Waals surface area contributed by atoms with Crippen LogP contribution in [-0.2, 0) is 22.7 Å². The maximum atomic E-state index is 14.1. The molecular weight excluding hydrogens is 447 g/mol. The number of Topliss-reactive ketones (excluding diaryl/α,β-unsaturated/α-hetero) is 1. The number of nitrogens with one attached hydrogen (secondary N) is 1. The van der Waals surface area contributed by atoms with Gasteiger partial charge in [-0.1, -0.05) is 41.9 Å². The number of aromatic nitrogens is 1. The van der Waals surface area contributed by atoms with Crippen molar-refractivity contribution in [1.82, 2.24) is 14.8 Å². The number of likely N-dealkylation sites (tertiary alicyclic amines) is 1. The van der Waals surface area contributed by atoms with E-state index >= 15 is 0 Å². The number of para-hydroxylation sites is 1. The monoisotopic (exact) mass is 470 g/mol. The van der Waals surface area contributed by atoms with E-state index in [1.54, 1.807) is 16.8 Å². The van der Waals surface area contributed by atoms with E-state index < -0.39 is 23.8 Å². The standard InChI is InChI=1S/C24H24ClFN4O3/c1-14(31)17-12-29(20-8-3-2-6-16(17)20)13-21(32)30-10-9-19(27)23(30)24(33)28-11-15-5-4-7-18(25)22(15)26/h2-8,12,19,23H,9-11,13,27H2,1H3,(H,28,33). The van der Waals surface area contributed by atoms with Crippen LogP contribution in [0.2, 0.25) is 5.02 Å². The van der Waals surface area contributed by atoms with Gasteiger partial charge in [-0.15, -0.1) is 0 Å². The zero-order chi connectivity index (χ0) is 23.7. The first-order valence-corrected chi connectivity index (χ1v) is 11.0. The highest BCUT2D eigenvalue weighted by Gasteiger charge is 2.40. The van der Waals surface area contributed by atoms with E-state index in [-0.39, 0.29) is 35.4 Å². The highest BCUT2D eigenvalue weighted by molar-refractivity contribution is 6.30. The molecule has 0 aliphatic carbocycles. The third kappa shape index (κ3) is 4.49. The molecule has 0 spiro atoms. The maximum Gasteiger partial charge on any atom is 0.244 e. The minimum Gasteiger partial charge on any atom is -0.350 e. The van der Waals surface area contributed by atoms with E-state index in [1.165, 1.54) is 24.0 Å². The van der Waals surface area contributed by atoms with Crippen molar-refractivity contribution >= 4 is 40.1 Å². The van der Waals surface area contributed by atoms with Gasteiger partial charge >= 0.3 is 0 Å². The highest BCUT2D eigenvalue weighted by atomic mass is 35.5. The summed E-state index contributed by atoms with van der Waals surface area (Å²) < 4.78 is 15.9. The first kappa shape index (κ1) is 22.9. The number of carbonyl (C=O) groups is 3. The molecule has 3 aromatic rings. The highest BCUT2D eigenvalue weighted by Crippen LogP contribution is 2.24. The van der Waals surface area contributed by atoms with Crippen LogP contribution < -0.4 is 11.1 Å². The van der Waals surface area contributed by atoms with E-state index in [4.69, 9.17) is 17.3 Å². The van der Waals surface area contributed by atoms with Crippen LogP contribution in [0, 0.1) is 5.82 Å². The van der Waals surface area contributed by atoms with Crippen molar-refractivity contribution in [2.24, 2.45) is 5.73 Å². The number of fused-ring (bicyclic) bond motifs is 1. The van der Waals surface area contributed by atoms with Gasteiger partial charge in [0.15, 0.2) is 5.78 Å². The van der Waals surface area contributed by atoms with Crippen molar-refractivity contribution in [2.45, 2.75) is 38.5 Å². The summed E-state index contributed by atoms with van der Waals surface area (Å²) >= 11 is 5.80. The van der Waals surface area contributed by atoms with Crippen LogP contribution in [0.5, 0.6) is 0 Å². The average Bonchev–Trinajstić information content (AvgIpc) is 3.35. The number of nitrogens with zero attached hydrogens (tertiary/aromatic N) is 2. The Morgan fingerprint density at radius 3 is 2.70 bits per heavy atom. The fraction of sp³-hybridized carbons (Fsp3) is 0.292. The number of halogens is 2. The number of ketones is 1. The molecule has 2 unspecified atom stereocenters. The molecule has 1 fully saturated rings. The first-order chi connectivity index (χ1) is 15.8. The molecule has 2 atom stereocenters. The van der Waals surface area contributed by atoms with Gasteiger partial charge in [-0.2, -0.15) is 0 Å². The molecule has 3 N–H and O–H groups in total. The van der Waals surface area contributed by atoms with Crippen molar-refractivity contribution in [3.05, 3.63) is 70.6 Å². The molecule has 1 aliphatic heterocycles. The van der Waals surface area contributed by atoms with Crippen molar-refractivity contribution in [2.75, 3.05) is 6.54 Å². The molecule has 0 radical (unpaired) electrons. The Morgan fingerprint density at radius 2 is 1.94 bits per heavy atom. The number of benzene rings is 2. The Morgan fingerprint density at radius 1 is 1.18 bits per heavy atom. The number of hydrogen-bond donors (Lipinski definition) is 2. The van der Waals surface area contributed by atoms with Gasteiger partial charge in [0.05, 0.1) is 5.02 Å². The van der Waals surface area contributed by atoms with Crippen LogP contribution in [0.25, 0.3) is 10.9 Å². The number of hydrogen-bond acceptors (Lipinski definition) is 4. The molecule has 2 heterocycles. The first-order valence-electron chi connectivity index (χ1n) is 10.6. The van der Waals surface area contributed by atoms with Gasteiger partial charge in [-0.3, -0.25) is 14.4 Å². The van der Waals surface area contributed by atoms with Gasteiger partial charge in [0, 0.05) is 47.4 Å². The summed E-state index contributed by atoms with van der Waals surface area (Å²) in [6, 6.07) is 10.5. The summed E-state index contributed by atoms with van der Waals surface area (Å²) in [6.07, 6.45) is 2.14. The SMILES string of the molecule is CC(=O)c1cn(CC(=O)N2CCC(N)C2C(=O)NCc2cccc(Cl)c2F)c2ccccc12. The lowest BCUT2D eigenvalue weighted by atomic mass is 10.1. The zero-order valence-electron chi connectivity index (χ0n) is 18.1. The van der Waals surface area contributed by atoms with E-state index in [0.29, 0.717) is 18.5 Å². The lowest BCUT2D eigenvalue weighted by molar-refractivity contribution is -0.139. The molecule has 1 saturated heterocycles. The average molecular weight is 471 g/mol. The second-order valence-corrected chi connectivity index (χ2v) is 8.57. The van der Waals surface area contributed by atoms with Crippen LogP contribution in [0.15, 0.2) is 48.7 Å². The molecule has 0 bridgehead atoms. The zero-order valence-corrected chi connectivity index (χ0v) is 18.8. The second-order valence-electron chi connectivity index (χ2n) is 8.16. The Balaban J connectivity index is 1.51. The minimum absolute atomic E-state index is 0.0278. The number of amides is 2. The number of carbonyl (C=O) groups excluding carboxylic acids is 3. The number of nitrogens with two attached hydrogens (primary N) is 1. The third-order valence-electron chi connectivity index (χ3n) is 5.99. The van der Waals surface area contributed by atoms with Crippen molar-refractivity contribution in [1.29, 1.82) is 0 Å². The predicted octanol–water partition coefficient (Wildman–Crippen LogP) is 2.88. The predicted molar refractivity (Wildman–Crippen MR) is 123 cm³/mol. The molecule has 1 aliphatic rings. The molecule has 33 heavy (non-hydrogen) atoms. The summed E-state index contributed by atoms with van der Waals surface area (Å²) in [5, 5.41) is 3.42. The second kappa shape index (κ2) is 9.33. The summed E-state index contributed by atoms with van der Waals surface area (Å²) in [4.78, 5) is 39.6. The summed E-state index contributed by atoms with van der Waals surface area (Å²) in [5.74, 6) is -1.42. The molecule has 1 aromatic heterocycles. The van der Waals surface area contributed by atoms with Crippen LogP contribution >= 0.6 is 11.6 Å². The Bertz CT molecular complexity index is 1240. The normalized spacial score (nSPS) is 18.0. The third-order valence-corrected chi connectivity index (χ3v) is 6.28. The molecule has 9 heteroatoms. The van der Waals surface area contributed by atoms with E-state index in [2.05, 4.69) is 5.32 Å². The van der Waals surface area contributed by atoms with Gasteiger partial charge < -0.3 is 20.5 Å². The maximum absolute atomic E-state index is 14.1. The topological polar surface area (TPSA) is 97.4 Å². The fourth-order valence-corrected chi connectivity index (χ4v) is 4.49. The van der Waals surface area contributed by atoms with E-state index in [1.807, 2.05) is 24.3 Å². The number of rotatable bonds is 6. The van der Waals surface area contributed by atoms with Crippen molar-refractivity contribution in [3.63, 3.8) is 0 Å². The smallest absolute Gasteiger partial charge is 0.244 e. The molecule has 2 aromatic carbocycles. The molecular formula is C24H24ClFN4O3. The van der Waals surface area contributed by atoms with Crippen LogP contribution in [0.1, 0.15) is 29.3 Å². The summed E-state index contributed by atoms with van der Waals surface area (Å²) in [6.45, 7) is 1.72. The van der Waals surface area contributed by atoms with Gasteiger partial charge in [-0.05, 0) is 25.5 Å². The van der Waals surface area contributed by atoms with Crippen molar-refractivity contribution < 1.29 is 18.8 Å². The van der Waals surface area contributed by atoms with E-state index in [0.717, 1.165) is 10.9 Å². The van der Waals surface area contributed by atoms with Crippen molar-refractivity contribution in [3.8, 4) is 0 Å². The molecule has 0 saturated carbocycles. The van der Waals surface area contributed by atoms with Gasteiger partial charge in [0.2, 0.25) is 11.8 Å². The molecule has 2 amide bonds. The van der Waals surface area contributed by atoms with Gasteiger partial charge in [0.25, 0.3) is 0 Å². The Hall–Kier alpha value is -3.23. The Kier molecular flexibility index (Phi) is 6.49. The lowest BCUT2D eigenvalue weighted by Gasteiger charge is -2.26. The van der Waals surface area contributed by atoms with Crippen LogP contribution in [-0.4, -0.2) is 45.7 Å². The molecule has 172 valence electrons. The largest absolute Gasteiger partial charge is 0.350 e. The lowest BCUT2D eigenvalue weighted by Crippen LogP contribution is -2.52. The summed E-state index contributed by atoms with van der Waals surface area (Å²) in [5.41, 5.74) is 7.70. The summed E-state index contributed by atoms with van der Waals surface area (Å²) in [7, 11) is 0. The minimum atomic E-state index is -0.867. The van der Waals surface area contributed by atoms with Crippen LogP contribution in [0.4, 0.5) is 4.39 Å². The van der Waals surface area contributed by atoms with Gasteiger partial charge in [-0.25, -0.2) is 4.39 Å². The van der Waals surface area contributed by atoms with Gasteiger partial charge in [0.1, 0.15) is 18.4 Å². The fourth-order valence-electron chi connectivity index (χ4n) is 4.30.